The van der Waals surface area contributed by atoms with Gasteiger partial charge in [-0.1, -0.05) is 0 Å². The molecule has 1 aromatic heterocycles. The lowest BCUT2D eigenvalue weighted by atomic mass is 9.90. The van der Waals surface area contributed by atoms with Crippen molar-refractivity contribution in [1.29, 1.82) is 0 Å². The first-order valence-electron chi connectivity index (χ1n) is 10.7. The Balaban J connectivity index is 1.60. The zero-order valence-corrected chi connectivity index (χ0v) is 20.3. The van der Waals surface area contributed by atoms with E-state index in [2.05, 4.69) is 0 Å². The summed E-state index contributed by atoms with van der Waals surface area (Å²) >= 11 is 8.13. The van der Waals surface area contributed by atoms with E-state index in [0.29, 0.717) is 17.9 Å². The van der Waals surface area contributed by atoms with Gasteiger partial charge in [0.15, 0.2) is 6.29 Å². The van der Waals surface area contributed by atoms with Crippen molar-refractivity contribution in [1.82, 2.24) is 0 Å². The van der Waals surface area contributed by atoms with E-state index >= 15 is 0 Å². The Bertz CT molecular complexity index is 819. The molecule has 7 nitrogen and oxygen atoms in total. The van der Waals surface area contributed by atoms with Crippen LogP contribution in [0.2, 0.25) is 0 Å². The van der Waals surface area contributed by atoms with Crippen molar-refractivity contribution in [3.63, 3.8) is 0 Å². The second kappa shape index (κ2) is 11.4. The maximum Gasteiger partial charge on any atom is 0.348 e. The number of ether oxygens (including phenoxy) is 3. The first-order valence-corrected chi connectivity index (χ1v) is 13.8. The van der Waals surface area contributed by atoms with E-state index in [9.17, 15) is 13.2 Å². The number of aryl methyl sites for hydroxylation is 1. The number of hydrogen-bond acceptors (Lipinski definition) is 8. The molecule has 2 aliphatic rings. The Labute approximate surface area is 193 Å². The third-order valence-corrected chi connectivity index (χ3v) is 8.09. The molecule has 0 N–H and O–H groups in total. The maximum atomic E-state index is 11.6. The number of rotatable bonds is 10. The number of esters is 1. The molecule has 10 heteroatoms. The van der Waals surface area contributed by atoms with Crippen molar-refractivity contribution in [2.24, 2.45) is 11.8 Å². The van der Waals surface area contributed by atoms with Crippen molar-refractivity contribution < 1.29 is 31.6 Å². The van der Waals surface area contributed by atoms with E-state index < -0.39 is 10.1 Å². The van der Waals surface area contributed by atoms with Crippen LogP contribution in [0, 0.1) is 11.8 Å². The first-order chi connectivity index (χ1) is 14.8. The smallest absolute Gasteiger partial charge is 0.348 e. The summed E-state index contributed by atoms with van der Waals surface area (Å²) in [5, 5.41) is -0.115. The highest BCUT2D eigenvalue weighted by molar-refractivity contribution is 7.85. The highest BCUT2D eigenvalue weighted by atomic mass is 35.5. The van der Waals surface area contributed by atoms with E-state index in [0.717, 1.165) is 49.7 Å². The number of methoxy groups -OCH3 is 1. The molecule has 1 aromatic rings. The molecule has 3 rings (SSSR count). The SMILES string of the molecule is COC(=O)c1ccc(CCC[C@@H]2[C@@H](COS(C)(=O)=O)[C@@H](OC3CCCCO3)C[C@H]2Cl)s1. The van der Waals surface area contributed by atoms with Crippen molar-refractivity contribution in [3.8, 4) is 0 Å². The number of thiophene rings is 1. The molecule has 1 saturated carbocycles. The Morgan fingerprint density at radius 2 is 2.10 bits per heavy atom. The minimum Gasteiger partial charge on any atom is -0.465 e. The third-order valence-electron chi connectivity index (χ3n) is 5.90. The molecule has 0 spiro atoms. The fraction of sp³-hybridized carbons (Fsp3) is 0.762. The fourth-order valence-corrected chi connectivity index (χ4v) is 6.21. The second-order valence-electron chi connectivity index (χ2n) is 8.19. The summed E-state index contributed by atoms with van der Waals surface area (Å²) in [6.45, 7) is 0.750. The van der Waals surface area contributed by atoms with E-state index in [1.165, 1.54) is 18.4 Å². The molecule has 1 saturated heterocycles. The number of carbonyl (C=O) groups is 1. The average Bonchev–Trinajstić information content (AvgIpc) is 3.31. The van der Waals surface area contributed by atoms with Gasteiger partial charge in [0.2, 0.25) is 0 Å². The van der Waals surface area contributed by atoms with Crippen molar-refractivity contribution in [2.45, 2.75) is 62.7 Å². The fourth-order valence-electron chi connectivity index (χ4n) is 4.35. The van der Waals surface area contributed by atoms with Gasteiger partial charge < -0.3 is 14.2 Å². The van der Waals surface area contributed by atoms with Crippen LogP contribution in [0.5, 0.6) is 0 Å². The highest BCUT2D eigenvalue weighted by Crippen LogP contribution is 2.42. The Morgan fingerprint density at radius 1 is 1.29 bits per heavy atom. The minimum atomic E-state index is -3.55. The molecular formula is C21H31ClO7S2. The van der Waals surface area contributed by atoms with Gasteiger partial charge in [-0.15, -0.1) is 22.9 Å². The van der Waals surface area contributed by atoms with Crippen LogP contribution in [-0.2, 0) is 34.9 Å². The molecule has 0 bridgehead atoms. The predicted octanol–water partition coefficient (Wildman–Crippen LogP) is 3.99. The first kappa shape index (κ1) is 24.9. The van der Waals surface area contributed by atoms with Gasteiger partial charge in [0.05, 0.1) is 26.1 Å². The molecule has 0 amide bonds. The van der Waals surface area contributed by atoms with E-state index in [1.54, 1.807) is 6.07 Å². The quantitative estimate of drug-likeness (QED) is 0.276. The van der Waals surface area contributed by atoms with E-state index in [4.69, 9.17) is 30.0 Å². The summed E-state index contributed by atoms with van der Waals surface area (Å²) in [6, 6.07) is 3.73. The highest BCUT2D eigenvalue weighted by Gasteiger charge is 2.44. The zero-order valence-electron chi connectivity index (χ0n) is 18.0. The maximum absolute atomic E-state index is 11.6. The van der Waals surface area contributed by atoms with Gasteiger partial charge in [-0.3, -0.25) is 4.18 Å². The molecule has 0 aromatic carbocycles. The molecule has 176 valence electrons. The standard InChI is InChI=1S/C21H31ClO7S2/c1-26-21(23)19-10-9-14(30-19)6-5-7-15-16(13-28-31(2,24)25)18(12-17(15)22)29-20-8-3-4-11-27-20/h9-10,15-18,20H,3-8,11-13H2,1-2H3/t15-,16-,17-,18+,20?/m1/s1. The van der Waals surface area contributed by atoms with Gasteiger partial charge in [0, 0.05) is 22.8 Å². The third kappa shape index (κ3) is 7.40. The molecule has 1 unspecified atom stereocenters. The van der Waals surface area contributed by atoms with Crippen LogP contribution >= 0.6 is 22.9 Å². The van der Waals surface area contributed by atoms with E-state index in [-0.39, 0.29) is 42.2 Å². The number of carbonyl (C=O) groups excluding carboxylic acids is 1. The number of hydrogen-bond donors (Lipinski definition) is 0. The van der Waals surface area contributed by atoms with Gasteiger partial charge in [-0.05, 0) is 63.0 Å². The van der Waals surface area contributed by atoms with Crippen LogP contribution in [0.4, 0.5) is 0 Å². The summed E-state index contributed by atoms with van der Waals surface area (Å²) < 4.78 is 45.0. The summed E-state index contributed by atoms with van der Waals surface area (Å²) in [4.78, 5) is 13.3. The van der Waals surface area contributed by atoms with Crippen molar-refractivity contribution in [2.75, 3.05) is 26.6 Å². The van der Waals surface area contributed by atoms with Crippen LogP contribution < -0.4 is 0 Å². The topological polar surface area (TPSA) is 88.1 Å². The Kier molecular flexibility index (Phi) is 9.19. The molecule has 5 atom stereocenters. The summed E-state index contributed by atoms with van der Waals surface area (Å²) in [6.07, 6.45) is 6.71. The Morgan fingerprint density at radius 3 is 2.77 bits per heavy atom. The van der Waals surface area contributed by atoms with Gasteiger partial charge in [-0.25, -0.2) is 4.79 Å². The molecule has 2 fully saturated rings. The van der Waals surface area contributed by atoms with E-state index in [1.807, 2.05) is 6.07 Å². The van der Waals surface area contributed by atoms with Gasteiger partial charge in [-0.2, -0.15) is 8.42 Å². The number of alkyl halides is 1. The van der Waals surface area contributed by atoms with Crippen molar-refractivity contribution in [3.05, 3.63) is 21.9 Å². The largest absolute Gasteiger partial charge is 0.465 e. The molecule has 1 aliphatic carbocycles. The summed E-state index contributed by atoms with van der Waals surface area (Å²) in [5.74, 6) is -0.357. The lowest BCUT2D eigenvalue weighted by molar-refractivity contribution is -0.197. The second-order valence-corrected chi connectivity index (χ2v) is 11.6. The molecule has 31 heavy (non-hydrogen) atoms. The molecule has 0 radical (unpaired) electrons. The van der Waals surface area contributed by atoms with Gasteiger partial charge in [0.1, 0.15) is 4.88 Å². The monoisotopic (exact) mass is 494 g/mol. The minimum absolute atomic E-state index is 0.0651. The lowest BCUT2D eigenvalue weighted by Crippen LogP contribution is -2.34. The number of halogens is 1. The predicted molar refractivity (Wildman–Crippen MR) is 119 cm³/mol. The van der Waals surface area contributed by atoms with Gasteiger partial charge in [0.25, 0.3) is 10.1 Å². The molecule has 2 heterocycles. The molecule has 1 aliphatic heterocycles. The summed E-state index contributed by atoms with van der Waals surface area (Å²) in [5.41, 5.74) is 0. The van der Waals surface area contributed by atoms with Crippen LogP contribution in [0.1, 0.15) is 53.1 Å². The van der Waals surface area contributed by atoms with Crippen LogP contribution in [-0.4, -0.2) is 58.7 Å². The normalized spacial score (nSPS) is 29.2. The van der Waals surface area contributed by atoms with Crippen LogP contribution in [0.15, 0.2) is 12.1 Å². The summed E-state index contributed by atoms with van der Waals surface area (Å²) in [7, 11) is -2.18. The van der Waals surface area contributed by atoms with Crippen LogP contribution in [0.3, 0.4) is 0 Å². The average molecular weight is 495 g/mol. The lowest BCUT2D eigenvalue weighted by Gasteiger charge is -2.30. The molecular weight excluding hydrogens is 464 g/mol. The van der Waals surface area contributed by atoms with Crippen LogP contribution in [0.25, 0.3) is 0 Å². The Hall–Kier alpha value is -0.710. The van der Waals surface area contributed by atoms with Crippen molar-refractivity contribution >= 4 is 39.0 Å². The zero-order chi connectivity index (χ0) is 22.4. The van der Waals surface area contributed by atoms with Gasteiger partial charge >= 0.3 is 5.97 Å².